The van der Waals surface area contributed by atoms with Gasteiger partial charge in [0.15, 0.2) is 0 Å². The molecule has 0 fully saturated rings. The summed E-state index contributed by atoms with van der Waals surface area (Å²) in [6.07, 6.45) is 2.01. The first-order valence-corrected chi connectivity index (χ1v) is 7.97. The first-order chi connectivity index (χ1) is 8.02. The largest absolute Gasteiger partial charge is 0.327 e. The Bertz CT molecular complexity index is 352. The second-order valence-electron chi connectivity index (χ2n) is 4.83. The molecule has 0 aliphatic rings. The number of rotatable bonds is 6. The molecule has 1 aromatic rings. The van der Waals surface area contributed by atoms with Crippen LogP contribution in [0.25, 0.3) is 0 Å². The summed E-state index contributed by atoms with van der Waals surface area (Å²) >= 11 is 5.48. The van der Waals surface area contributed by atoms with Crippen LogP contribution in [-0.2, 0) is 6.42 Å². The summed E-state index contributed by atoms with van der Waals surface area (Å²) in [6, 6.07) is 6.79. The number of halogens is 1. The Morgan fingerprint density at radius 1 is 1.35 bits per heavy atom. The molecule has 0 bridgehead atoms. The van der Waals surface area contributed by atoms with Crippen molar-refractivity contribution in [3.63, 3.8) is 0 Å². The molecule has 0 aliphatic carbocycles. The van der Waals surface area contributed by atoms with Crippen molar-refractivity contribution in [2.24, 2.45) is 11.7 Å². The molecule has 1 rings (SSSR count). The van der Waals surface area contributed by atoms with Gasteiger partial charge in [0.2, 0.25) is 0 Å². The summed E-state index contributed by atoms with van der Waals surface area (Å²) < 4.78 is 1.15. The fourth-order valence-corrected chi connectivity index (χ4v) is 3.09. The van der Waals surface area contributed by atoms with Crippen LogP contribution in [0, 0.1) is 5.92 Å². The van der Waals surface area contributed by atoms with Crippen LogP contribution in [0.4, 0.5) is 0 Å². The lowest BCUT2D eigenvalue weighted by Crippen LogP contribution is -2.21. The molecule has 0 spiro atoms. The van der Waals surface area contributed by atoms with E-state index in [2.05, 4.69) is 54.9 Å². The highest BCUT2D eigenvalue weighted by Gasteiger charge is 2.08. The summed E-state index contributed by atoms with van der Waals surface area (Å²) in [5.41, 5.74) is 7.43. The van der Waals surface area contributed by atoms with Crippen molar-refractivity contribution in [3.05, 3.63) is 28.2 Å². The van der Waals surface area contributed by atoms with Crippen LogP contribution in [0.15, 0.2) is 27.6 Å². The van der Waals surface area contributed by atoms with Crippen molar-refractivity contribution >= 4 is 27.7 Å². The number of hydrogen-bond acceptors (Lipinski definition) is 2. The highest BCUT2D eigenvalue weighted by Crippen LogP contribution is 2.28. The fraction of sp³-hybridized carbons (Fsp3) is 0.571. The fourth-order valence-electron chi connectivity index (χ4n) is 1.51. The Hall–Kier alpha value is 0.01000. The normalized spacial score (nSPS) is 13.1. The van der Waals surface area contributed by atoms with Crippen molar-refractivity contribution in [1.29, 1.82) is 0 Å². The Morgan fingerprint density at radius 2 is 2.06 bits per heavy atom. The van der Waals surface area contributed by atoms with Crippen LogP contribution in [0.2, 0.25) is 0 Å². The molecular weight excluding hydrogens is 294 g/mol. The van der Waals surface area contributed by atoms with E-state index in [1.165, 1.54) is 10.5 Å². The van der Waals surface area contributed by atoms with Crippen LogP contribution >= 0.6 is 27.7 Å². The van der Waals surface area contributed by atoms with Crippen LogP contribution in [0.3, 0.4) is 0 Å². The van der Waals surface area contributed by atoms with Crippen molar-refractivity contribution in [3.8, 4) is 0 Å². The molecule has 0 radical (unpaired) electrons. The van der Waals surface area contributed by atoms with Crippen molar-refractivity contribution < 1.29 is 0 Å². The molecule has 1 unspecified atom stereocenters. The summed E-state index contributed by atoms with van der Waals surface area (Å²) in [6.45, 7) is 6.65. The second kappa shape index (κ2) is 7.45. The monoisotopic (exact) mass is 315 g/mol. The predicted molar refractivity (Wildman–Crippen MR) is 81.7 cm³/mol. The molecule has 0 aromatic heterocycles. The van der Waals surface area contributed by atoms with Gasteiger partial charge in [0.25, 0.3) is 0 Å². The van der Waals surface area contributed by atoms with E-state index in [4.69, 9.17) is 5.73 Å². The third kappa shape index (κ3) is 5.45. The SMILES string of the molecule is CCC(N)Cc1ccc(Br)cc1SCC(C)C. The molecule has 17 heavy (non-hydrogen) atoms. The van der Waals surface area contributed by atoms with Crippen molar-refractivity contribution in [2.45, 2.75) is 44.6 Å². The number of thioether (sulfide) groups is 1. The molecule has 0 amide bonds. The van der Waals surface area contributed by atoms with Gasteiger partial charge in [-0.25, -0.2) is 0 Å². The van der Waals surface area contributed by atoms with Gasteiger partial charge in [0.1, 0.15) is 0 Å². The molecular formula is C14H22BrNS. The van der Waals surface area contributed by atoms with Gasteiger partial charge >= 0.3 is 0 Å². The maximum Gasteiger partial charge on any atom is 0.0186 e. The molecule has 1 atom stereocenters. The van der Waals surface area contributed by atoms with Gasteiger partial charge in [-0.15, -0.1) is 11.8 Å². The zero-order chi connectivity index (χ0) is 12.8. The van der Waals surface area contributed by atoms with Crippen molar-refractivity contribution in [2.75, 3.05) is 5.75 Å². The lowest BCUT2D eigenvalue weighted by molar-refractivity contribution is 0.641. The minimum Gasteiger partial charge on any atom is -0.327 e. The average molecular weight is 316 g/mol. The molecule has 1 aromatic carbocycles. The topological polar surface area (TPSA) is 26.0 Å². The quantitative estimate of drug-likeness (QED) is 0.783. The maximum atomic E-state index is 6.05. The minimum absolute atomic E-state index is 0.273. The van der Waals surface area contributed by atoms with E-state index in [1.54, 1.807) is 0 Å². The first kappa shape index (κ1) is 15.1. The van der Waals surface area contributed by atoms with Crippen molar-refractivity contribution in [1.82, 2.24) is 0 Å². The van der Waals surface area contributed by atoms with Crippen LogP contribution in [0.5, 0.6) is 0 Å². The molecule has 1 nitrogen and oxygen atoms in total. The predicted octanol–water partition coefficient (Wildman–Crippen LogP) is 4.48. The molecule has 96 valence electrons. The van der Waals surface area contributed by atoms with Crippen LogP contribution < -0.4 is 5.73 Å². The molecule has 0 aliphatic heterocycles. The zero-order valence-corrected chi connectivity index (χ0v) is 13.3. The van der Waals surface area contributed by atoms with Crippen LogP contribution in [0.1, 0.15) is 32.8 Å². The third-order valence-corrected chi connectivity index (χ3v) is 4.63. The lowest BCUT2D eigenvalue weighted by Gasteiger charge is -2.14. The van der Waals surface area contributed by atoms with Gasteiger partial charge in [-0.1, -0.05) is 42.8 Å². The van der Waals surface area contributed by atoms with E-state index in [1.807, 2.05) is 11.8 Å². The van der Waals surface area contributed by atoms with E-state index >= 15 is 0 Å². The second-order valence-corrected chi connectivity index (χ2v) is 6.81. The molecule has 3 heteroatoms. The zero-order valence-electron chi connectivity index (χ0n) is 10.9. The van der Waals surface area contributed by atoms with Gasteiger partial charge < -0.3 is 5.73 Å². The Morgan fingerprint density at radius 3 is 2.65 bits per heavy atom. The lowest BCUT2D eigenvalue weighted by atomic mass is 10.1. The Kier molecular flexibility index (Phi) is 6.60. The minimum atomic E-state index is 0.273. The number of benzene rings is 1. The summed E-state index contributed by atoms with van der Waals surface area (Å²) in [5.74, 6) is 1.87. The van der Waals surface area contributed by atoms with E-state index in [0.717, 1.165) is 23.1 Å². The van der Waals surface area contributed by atoms with Gasteiger partial charge in [-0.3, -0.25) is 0 Å². The highest BCUT2D eigenvalue weighted by atomic mass is 79.9. The summed E-state index contributed by atoms with van der Waals surface area (Å²) in [5, 5.41) is 0. The highest BCUT2D eigenvalue weighted by molar-refractivity contribution is 9.10. The summed E-state index contributed by atoms with van der Waals surface area (Å²) in [4.78, 5) is 1.37. The first-order valence-electron chi connectivity index (χ1n) is 6.19. The third-order valence-electron chi connectivity index (χ3n) is 2.61. The summed E-state index contributed by atoms with van der Waals surface area (Å²) in [7, 11) is 0. The van der Waals surface area contributed by atoms with E-state index in [-0.39, 0.29) is 6.04 Å². The molecule has 2 N–H and O–H groups in total. The van der Waals surface area contributed by atoms with E-state index < -0.39 is 0 Å². The van der Waals surface area contributed by atoms with E-state index in [0.29, 0.717) is 5.92 Å². The van der Waals surface area contributed by atoms with Crippen LogP contribution in [-0.4, -0.2) is 11.8 Å². The van der Waals surface area contributed by atoms with Gasteiger partial charge in [-0.05, 0) is 36.5 Å². The average Bonchev–Trinajstić information content (AvgIpc) is 2.29. The maximum absolute atomic E-state index is 6.05. The van der Waals surface area contributed by atoms with Gasteiger partial charge in [0.05, 0.1) is 0 Å². The standard InChI is InChI=1S/C14H22BrNS/c1-4-13(16)7-11-5-6-12(15)8-14(11)17-9-10(2)3/h5-6,8,10,13H,4,7,9,16H2,1-3H3. The molecule has 0 saturated carbocycles. The van der Waals surface area contributed by atoms with Gasteiger partial charge in [0, 0.05) is 21.2 Å². The van der Waals surface area contributed by atoms with E-state index in [9.17, 15) is 0 Å². The smallest absolute Gasteiger partial charge is 0.0186 e. The Balaban J connectivity index is 2.79. The molecule has 0 saturated heterocycles. The van der Waals surface area contributed by atoms with Gasteiger partial charge in [-0.2, -0.15) is 0 Å². The Labute approximate surface area is 118 Å². The number of hydrogen-bond donors (Lipinski definition) is 1. The number of nitrogens with two attached hydrogens (primary N) is 1. The molecule has 0 heterocycles.